The van der Waals surface area contributed by atoms with E-state index in [0.29, 0.717) is 15.8 Å². The van der Waals surface area contributed by atoms with Crippen molar-refractivity contribution in [3.05, 3.63) is 57.4 Å². The van der Waals surface area contributed by atoms with Crippen LogP contribution in [0.4, 0.5) is 5.69 Å². The Bertz CT molecular complexity index is 914. The highest BCUT2D eigenvalue weighted by Crippen LogP contribution is 2.37. The summed E-state index contributed by atoms with van der Waals surface area (Å²) in [5, 5.41) is 0. The van der Waals surface area contributed by atoms with Gasteiger partial charge in [-0.3, -0.25) is 9.69 Å². The normalized spacial score (nSPS) is 15.7. The van der Waals surface area contributed by atoms with E-state index in [-0.39, 0.29) is 5.91 Å². The first-order valence-electron chi connectivity index (χ1n) is 8.38. The molecule has 0 unspecified atom stereocenters. The van der Waals surface area contributed by atoms with Gasteiger partial charge in [-0.1, -0.05) is 43.0 Å². The first kappa shape index (κ1) is 20.5. The van der Waals surface area contributed by atoms with E-state index in [1.54, 1.807) is 16.7 Å². The fourth-order valence-corrected chi connectivity index (χ4v) is 4.79. The van der Waals surface area contributed by atoms with Gasteiger partial charge in [0, 0.05) is 4.90 Å². The number of amides is 1. The van der Waals surface area contributed by atoms with E-state index in [2.05, 4.69) is 22.9 Å². The molecule has 2 aromatic carbocycles. The number of nitrogens with zero attached hydrogens (tertiary/aromatic N) is 1. The van der Waals surface area contributed by atoms with E-state index in [1.165, 1.54) is 11.8 Å². The number of carbonyl (C=O) groups is 1. The second kappa shape index (κ2) is 9.28. The van der Waals surface area contributed by atoms with Gasteiger partial charge in [0.05, 0.1) is 21.7 Å². The number of hydrogen-bond donors (Lipinski definition) is 0. The molecule has 1 saturated heterocycles. The van der Waals surface area contributed by atoms with Crippen LogP contribution in [0.15, 0.2) is 56.7 Å². The molecule has 0 aromatic heterocycles. The summed E-state index contributed by atoms with van der Waals surface area (Å²) in [7, 11) is 0. The molecule has 0 radical (unpaired) electrons. The van der Waals surface area contributed by atoms with Crippen LogP contribution in [0.2, 0.25) is 0 Å². The lowest BCUT2D eigenvalue weighted by Crippen LogP contribution is -2.27. The van der Waals surface area contributed by atoms with Crippen molar-refractivity contribution < 1.29 is 9.53 Å². The van der Waals surface area contributed by atoms with Crippen LogP contribution in [0.3, 0.4) is 0 Å². The Morgan fingerprint density at radius 2 is 2.11 bits per heavy atom. The molecule has 0 saturated carbocycles. The maximum Gasteiger partial charge on any atom is 0.270 e. The van der Waals surface area contributed by atoms with Gasteiger partial charge in [-0.05, 0) is 70.6 Å². The van der Waals surface area contributed by atoms with Crippen LogP contribution in [0.25, 0.3) is 6.08 Å². The Morgan fingerprint density at radius 3 is 2.81 bits per heavy atom. The van der Waals surface area contributed by atoms with Crippen molar-refractivity contribution in [3.63, 3.8) is 0 Å². The largest absolute Gasteiger partial charge is 0.492 e. The molecule has 0 aliphatic carbocycles. The molecule has 1 aliphatic rings. The van der Waals surface area contributed by atoms with E-state index in [0.717, 1.165) is 32.8 Å². The lowest BCUT2D eigenvalue weighted by atomic mass is 10.2. The van der Waals surface area contributed by atoms with Gasteiger partial charge < -0.3 is 4.74 Å². The quantitative estimate of drug-likeness (QED) is 0.273. The molecule has 0 atom stereocenters. The molecule has 0 bridgehead atoms. The molecule has 1 aliphatic heterocycles. The van der Waals surface area contributed by atoms with Crippen LogP contribution in [-0.4, -0.2) is 23.1 Å². The molecule has 0 spiro atoms. The maximum absolute atomic E-state index is 12.9. The van der Waals surface area contributed by atoms with Crippen molar-refractivity contribution in [2.45, 2.75) is 18.2 Å². The van der Waals surface area contributed by atoms with E-state index in [1.807, 2.05) is 54.8 Å². The zero-order valence-electron chi connectivity index (χ0n) is 14.9. The monoisotopic (exact) mass is 479 g/mol. The highest BCUT2D eigenvalue weighted by Gasteiger charge is 2.33. The molecular formula is C20H18BrNO2S3. The van der Waals surface area contributed by atoms with Crippen LogP contribution in [0.5, 0.6) is 5.75 Å². The molecule has 27 heavy (non-hydrogen) atoms. The van der Waals surface area contributed by atoms with Gasteiger partial charge in [0.15, 0.2) is 4.32 Å². The van der Waals surface area contributed by atoms with Gasteiger partial charge in [0.1, 0.15) is 5.75 Å². The van der Waals surface area contributed by atoms with Crippen LogP contribution >= 0.6 is 51.7 Å². The van der Waals surface area contributed by atoms with Crippen LogP contribution in [0, 0.1) is 0 Å². The molecule has 0 N–H and O–H groups in total. The summed E-state index contributed by atoms with van der Waals surface area (Å²) >= 11 is 12.0. The van der Waals surface area contributed by atoms with Crippen molar-refractivity contribution in [1.29, 1.82) is 0 Å². The Morgan fingerprint density at radius 1 is 1.30 bits per heavy atom. The Balaban J connectivity index is 1.85. The molecule has 3 nitrogen and oxygen atoms in total. The number of benzene rings is 2. The summed E-state index contributed by atoms with van der Waals surface area (Å²) < 4.78 is 7.09. The van der Waals surface area contributed by atoms with Crippen molar-refractivity contribution in [2.24, 2.45) is 0 Å². The zero-order valence-corrected chi connectivity index (χ0v) is 18.9. The molecule has 1 heterocycles. The predicted molar refractivity (Wildman–Crippen MR) is 124 cm³/mol. The Labute approximate surface area is 181 Å². The number of halogens is 1. The fraction of sp³-hybridized carbons (Fsp3) is 0.200. The van der Waals surface area contributed by atoms with E-state index in [9.17, 15) is 4.79 Å². The molecule has 7 heteroatoms. The maximum atomic E-state index is 12.9. The fourth-order valence-electron chi connectivity index (χ4n) is 2.53. The number of rotatable bonds is 6. The topological polar surface area (TPSA) is 29.5 Å². The van der Waals surface area contributed by atoms with Crippen molar-refractivity contribution >= 4 is 73.7 Å². The Hall–Kier alpha value is -1.28. The predicted octanol–water partition coefficient (Wildman–Crippen LogP) is 6.37. The molecule has 1 fully saturated rings. The number of ether oxygens (including phenoxy) is 1. The summed E-state index contributed by atoms with van der Waals surface area (Å²) in [6.07, 6.45) is 4.83. The number of anilines is 1. The molecule has 1 amide bonds. The van der Waals surface area contributed by atoms with E-state index >= 15 is 0 Å². The molecule has 2 aromatic rings. The van der Waals surface area contributed by atoms with Gasteiger partial charge in [-0.25, -0.2) is 0 Å². The standard InChI is InChI=1S/C20H18BrNO2S3/c1-3-9-24-17-8-7-13(10-16(17)21)11-18-19(23)22(20(25)27-18)14-5-4-6-15(12-14)26-2/h4-8,10-12H,3,9H2,1-2H3/b18-11-. The smallest absolute Gasteiger partial charge is 0.270 e. The SMILES string of the molecule is CCCOc1ccc(/C=C2\SC(=S)N(c3cccc(SC)c3)C2=O)cc1Br. The number of hydrogen-bond acceptors (Lipinski definition) is 5. The van der Waals surface area contributed by atoms with E-state index < -0.39 is 0 Å². The first-order valence-corrected chi connectivity index (χ1v) is 11.6. The highest BCUT2D eigenvalue weighted by atomic mass is 79.9. The Kier molecular flexibility index (Phi) is 7.03. The minimum Gasteiger partial charge on any atom is -0.492 e. The second-order valence-corrected chi connectivity index (χ2v) is 9.17. The summed E-state index contributed by atoms with van der Waals surface area (Å²) in [6.45, 7) is 2.74. The first-order chi connectivity index (χ1) is 13.0. The van der Waals surface area contributed by atoms with Gasteiger partial charge in [-0.2, -0.15) is 0 Å². The van der Waals surface area contributed by atoms with Gasteiger partial charge >= 0.3 is 0 Å². The molecule has 3 rings (SSSR count). The average molecular weight is 480 g/mol. The lowest BCUT2D eigenvalue weighted by molar-refractivity contribution is -0.113. The average Bonchev–Trinajstić information content (AvgIpc) is 2.94. The summed E-state index contributed by atoms with van der Waals surface area (Å²) in [5.74, 6) is 0.709. The summed E-state index contributed by atoms with van der Waals surface area (Å²) in [4.78, 5) is 16.2. The van der Waals surface area contributed by atoms with Gasteiger partial charge in [-0.15, -0.1) is 11.8 Å². The lowest BCUT2D eigenvalue weighted by Gasteiger charge is -2.15. The third-order valence-corrected chi connectivity index (χ3v) is 6.47. The minimum absolute atomic E-state index is 0.0920. The number of thiocarbonyl (C=S) groups is 1. The highest BCUT2D eigenvalue weighted by molar-refractivity contribution is 9.10. The van der Waals surface area contributed by atoms with Crippen LogP contribution in [0.1, 0.15) is 18.9 Å². The molecule has 140 valence electrons. The molecular weight excluding hydrogens is 462 g/mol. The van der Waals surface area contributed by atoms with Crippen LogP contribution < -0.4 is 9.64 Å². The third-order valence-electron chi connectivity index (χ3n) is 3.82. The summed E-state index contributed by atoms with van der Waals surface area (Å²) in [5.41, 5.74) is 1.72. The van der Waals surface area contributed by atoms with Crippen molar-refractivity contribution in [2.75, 3.05) is 17.8 Å². The summed E-state index contributed by atoms with van der Waals surface area (Å²) in [6, 6.07) is 13.6. The number of thioether (sulfide) groups is 2. The third kappa shape index (κ3) is 4.77. The minimum atomic E-state index is -0.0920. The second-order valence-electron chi connectivity index (χ2n) is 5.76. The van der Waals surface area contributed by atoms with Crippen LogP contribution in [-0.2, 0) is 4.79 Å². The van der Waals surface area contributed by atoms with Gasteiger partial charge in [0.25, 0.3) is 5.91 Å². The number of carbonyl (C=O) groups excluding carboxylic acids is 1. The van der Waals surface area contributed by atoms with E-state index in [4.69, 9.17) is 17.0 Å². The van der Waals surface area contributed by atoms with Crippen molar-refractivity contribution in [3.8, 4) is 5.75 Å². The van der Waals surface area contributed by atoms with Gasteiger partial charge in [0.2, 0.25) is 0 Å². The van der Waals surface area contributed by atoms with Crippen molar-refractivity contribution in [1.82, 2.24) is 0 Å². The zero-order chi connectivity index (χ0) is 19.4.